The van der Waals surface area contributed by atoms with Gasteiger partial charge in [-0.15, -0.1) is 0 Å². The number of rotatable bonds is 5. The van der Waals surface area contributed by atoms with Crippen LogP contribution in [0.15, 0.2) is 35.1 Å². The first-order valence-electron chi connectivity index (χ1n) is 10.1. The highest BCUT2D eigenvalue weighted by Gasteiger charge is 2.31. The van der Waals surface area contributed by atoms with Crippen LogP contribution in [0.2, 0.25) is 0 Å². The Morgan fingerprint density at radius 2 is 2.07 bits per heavy atom. The Morgan fingerprint density at radius 1 is 1.18 bits per heavy atom. The molecule has 0 aliphatic carbocycles. The van der Waals surface area contributed by atoms with E-state index in [4.69, 9.17) is 10.1 Å². The van der Waals surface area contributed by atoms with Crippen molar-refractivity contribution in [2.75, 3.05) is 13.2 Å². The third-order valence-corrected chi connectivity index (χ3v) is 5.96. The summed E-state index contributed by atoms with van der Waals surface area (Å²) in [6.45, 7) is 2.95. The zero-order valence-corrected chi connectivity index (χ0v) is 15.9. The number of benzene rings is 1. The fourth-order valence-corrected chi connectivity index (χ4v) is 4.67. The topological polar surface area (TPSA) is 76.2 Å². The molecule has 2 aliphatic heterocycles. The summed E-state index contributed by atoms with van der Waals surface area (Å²) in [7, 11) is 0. The molecule has 1 fully saturated rings. The third-order valence-electron chi connectivity index (χ3n) is 5.96. The summed E-state index contributed by atoms with van der Waals surface area (Å²) in [6, 6.07) is 9.75. The van der Waals surface area contributed by atoms with Crippen LogP contribution >= 0.6 is 0 Å². The summed E-state index contributed by atoms with van der Waals surface area (Å²) >= 11 is 0. The molecule has 7 heteroatoms. The van der Waals surface area contributed by atoms with Crippen molar-refractivity contribution in [1.82, 2.24) is 24.2 Å². The molecular formula is C21H25N5O2. The van der Waals surface area contributed by atoms with E-state index < -0.39 is 0 Å². The van der Waals surface area contributed by atoms with Crippen molar-refractivity contribution in [3.63, 3.8) is 0 Å². The second-order valence-electron chi connectivity index (χ2n) is 7.75. The van der Waals surface area contributed by atoms with E-state index in [9.17, 15) is 9.90 Å². The van der Waals surface area contributed by atoms with Crippen LogP contribution in [-0.4, -0.2) is 42.5 Å². The van der Waals surface area contributed by atoms with E-state index in [-0.39, 0.29) is 24.8 Å². The van der Waals surface area contributed by atoms with Crippen LogP contribution in [0.4, 0.5) is 0 Å². The zero-order chi connectivity index (χ0) is 19.1. The maximum absolute atomic E-state index is 13.0. The van der Waals surface area contributed by atoms with Gasteiger partial charge in [-0.1, -0.05) is 12.1 Å². The Morgan fingerprint density at radius 3 is 2.93 bits per heavy atom. The molecule has 0 radical (unpaired) electrons. The molecule has 1 unspecified atom stereocenters. The minimum absolute atomic E-state index is 0.0672. The van der Waals surface area contributed by atoms with Gasteiger partial charge < -0.3 is 5.11 Å². The number of aliphatic hydroxyl groups excluding tert-OH is 1. The second-order valence-corrected chi connectivity index (χ2v) is 7.75. The normalized spacial score (nSPS) is 19.5. The van der Waals surface area contributed by atoms with E-state index in [0.717, 1.165) is 55.9 Å². The molecule has 1 saturated heterocycles. The molecule has 28 heavy (non-hydrogen) atoms. The van der Waals surface area contributed by atoms with Gasteiger partial charge in [-0.05, 0) is 50.4 Å². The minimum atomic E-state index is -0.0760. The van der Waals surface area contributed by atoms with Gasteiger partial charge >= 0.3 is 0 Å². The summed E-state index contributed by atoms with van der Waals surface area (Å²) in [4.78, 5) is 20.3. The summed E-state index contributed by atoms with van der Waals surface area (Å²) in [5.74, 6) is 0.766. The molecule has 3 aromatic rings. The Bertz CT molecular complexity index is 1050. The molecule has 2 aromatic heterocycles. The van der Waals surface area contributed by atoms with Crippen molar-refractivity contribution in [3.8, 4) is 0 Å². The van der Waals surface area contributed by atoms with Crippen LogP contribution < -0.4 is 5.56 Å². The fourth-order valence-electron chi connectivity index (χ4n) is 4.67. The molecule has 7 nitrogen and oxygen atoms in total. The summed E-state index contributed by atoms with van der Waals surface area (Å²) in [5.41, 5.74) is 3.08. The molecule has 0 spiro atoms. The van der Waals surface area contributed by atoms with Gasteiger partial charge in [0.05, 0.1) is 35.8 Å². The van der Waals surface area contributed by atoms with Crippen molar-refractivity contribution < 1.29 is 5.11 Å². The Labute approximate surface area is 163 Å². The van der Waals surface area contributed by atoms with E-state index in [1.165, 1.54) is 12.1 Å². The molecule has 0 saturated carbocycles. The molecule has 0 bridgehead atoms. The number of nitrogens with zero attached hydrogens (tertiary/aromatic N) is 5. The predicted octanol–water partition coefficient (Wildman–Crippen LogP) is 1.87. The molecule has 1 N–H and O–H groups in total. The maximum atomic E-state index is 13.0. The number of hydrogen-bond donors (Lipinski definition) is 1. The first-order valence-corrected chi connectivity index (χ1v) is 10.1. The van der Waals surface area contributed by atoms with Crippen molar-refractivity contribution in [2.24, 2.45) is 0 Å². The Balaban J connectivity index is 1.52. The van der Waals surface area contributed by atoms with Crippen LogP contribution in [0.3, 0.4) is 0 Å². The number of para-hydroxylation sites is 1. The lowest BCUT2D eigenvalue weighted by Crippen LogP contribution is -2.33. The number of aryl methyl sites for hydroxylation is 2. The lowest BCUT2D eigenvalue weighted by Gasteiger charge is -2.25. The van der Waals surface area contributed by atoms with Crippen LogP contribution in [0.25, 0.3) is 10.9 Å². The van der Waals surface area contributed by atoms with Gasteiger partial charge in [0, 0.05) is 18.8 Å². The average molecular weight is 379 g/mol. The quantitative estimate of drug-likeness (QED) is 0.732. The van der Waals surface area contributed by atoms with Crippen molar-refractivity contribution in [1.29, 1.82) is 0 Å². The van der Waals surface area contributed by atoms with E-state index in [1.807, 2.05) is 18.2 Å². The zero-order valence-electron chi connectivity index (χ0n) is 15.9. The van der Waals surface area contributed by atoms with Gasteiger partial charge in [0.15, 0.2) is 0 Å². The molecule has 5 rings (SSSR count). The average Bonchev–Trinajstić information content (AvgIpc) is 3.41. The second kappa shape index (κ2) is 7.14. The van der Waals surface area contributed by atoms with Gasteiger partial charge in [-0.25, -0.2) is 4.98 Å². The van der Waals surface area contributed by atoms with E-state index in [2.05, 4.69) is 15.6 Å². The molecule has 1 aromatic carbocycles. The number of fused-ring (bicyclic) bond motifs is 2. The number of aromatic nitrogens is 4. The molecule has 4 heterocycles. The standard InChI is InChI=1S/C21H25N5O2/c27-12-11-25-20(22-18-7-2-1-6-17(18)21(25)28)19-8-4-9-24(19)14-15-13-16-5-3-10-26(16)23-15/h1-2,6-7,13,19,27H,3-5,8-12,14H2. The van der Waals surface area contributed by atoms with Gasteiger partial charge in [-0.3, -0.25) is 18.9 Å². The number of likely N-dealkylation sites (tertiary alicyclic amines) is 1. The SMILES string of the molecule is O=c1c2ccccc2nc(C2CCCN2Cc2cc3n(n2)CCC3)n1CCO. The van der Waals surface area contributed by atoms with Crippen LogP contribution in [0.5, 0.6) is 0 Å². The number of hydrogen-bond acceptors (Lipinski definition) is 5. The molecule has 2 aliphatic rings. The van der Waals surface area contributed by atoms with Gasteiger partial charge in [0.1, 0.15) is 5.82 Å². The Hall–Kier alpha value is -2.51. The monoisotopic (exact) mass is 379 g/mol. The minimum Gasteiger partial charge on any atom is -0.395 e. The van der Waals surface area contributed by atoms with E-state index >= 15 is 0 Å². The Kier molecular flexibility index (Phi) is 4.49. The van der Waals surface area contributed by atoms with Crippen LogP contribution in [0, 0.1) is 0 Å². The molecule has 0 amide bonds. The predicted molar refractivity (Wildman–Crippen MR) is 106 cm³/mol. The first-order chi connectivity index (χ1) is 13.7. The largest absolute Gasteiger partial charge is 0.395 e. The molecule has 146 valence electrons. The highest BCUT2D eigenvalue weighted by atomic mass is 16.3. The highest BCUT2D eigenvalue weighted by molar-refractivity contribution is 5.77. The lowest BCUT2D eigenvalue weighted by atomic mass is 10.1. The van der Waals surface area contributed by atoms with Crippen molar-refractivity contribution in [3.05, 3.63) is 57.9 Å². The molecule has 1 atom stereocenters. The smallest absolute Gasteiger partial charge is 0.261 e. The van der Waals surface area contributed by atoms with Crippen LogP contribution in [-0.2, 0) is 26.1 Å². The van der Waals surface area contributed by atoms with Gasteiger partial charge in [-0.2, -0.15) is 5.10 Å². The van der Waals surface area contributed by atoms with Gasteiger partial charge in [0.2, 0.25) is 0 Å². The van der Waals surface area contributed by atoms with Crippen LogP contribution in [0.1, 0.15) is 42.5 Å². The van der Waals surface area contributed by atoms with Gasteiger partial charge in [0.25, 0.3) is 5.56 Å². The highest BCUT2D eigenvalue weighted by Crippen LogP contribution is 2.32. The van der Waals surface area contributed by atoms with Crippen molar-refractivity contribution in [2.45, 2.75) is 51.4 Å². The maximum Gasteiger partial charge on any atom is 0.261 e. The van der Waals surface area contributed by atoms with E-state index in [0.29, 0.717) is 5.39 Å². The van der Waals surface area contributed by atoms with E-state index in [1.54, 1.807) is 10.6 Å². The number of aliphatic hydroxyl groups is 1. The van der Waals surface area contributed by atoms with Crippen molar-refractivity contribution >= 4 is 10.9 Å². The summed E-state index contributed by atoms with van der Waals surface area (Å²) in [5, 5.41) is 14.9. The third kappa shape index (κ3) is 2.95. The fraction of sp³-hybridized carbons (Fsp3) is 0.476. The summed E-state index contributed by atoms with van der Waals surface area (Å²) in [6.07, 6.45) is 4.33. The molecular weight excluding hydrogens is 354 g/mol. The lowest BCUT2D eigenvalue weighted by molar-refractivity contribution is 0.220. The first kappa shape index (κ1) is 17.6. The summed E-state index contributed by atoms with van der Waals surface area (Å²) < 4.78 is 3.79.